The molecular weight excluding hydrogens is 544 g/mol. The molecule has 222 valence electrons. The smallest absolute Gasteiger partial charge is 0.307 e. The Kier molecular flexibility index (Phi) is 6.54. The molecule has 3 aliphatic rings. The zero-order valence-electron chi connectivity index (χ0n) is 24.8. The van der Waals surface area contributed by atoms with Gasteiger partial charge in [0, 0.05) is 63.9 Å². The van der Waals surface area contributed by atoms with Crippen LogP contribution in [0.2, 0.25) is 0 Å². The summed E-state index contributed by atoms with van der Waals surface area (Å²) < 4.78 is 5.95. The fourth-order valence-electron chi connectivity index (χ4n) is 6.71. The number of esters is 1. The average molecular weight is 581 g/mol. The number of nitrogens with one attached hydrogen (secondary N) is 4. The van der Waals surface area contributed by atoms with Crippen molar-refractivity contribution in [3.8, 4) is 0 Å². The molecule has 8 bridgehead atoms. The second-order valence-corrected chi connectivity index (χ2v) is 11.7. The van der Waals surface area contributed by atoms with Gasteiger partial charge in [0.15, 0.2) is 5.60 Å². The molecule has 0 amide bonds. The Balaban J connectivity index is 1.71. The highest BCUT2D eigenvalue weighted by molar-refractivity contribution is 5.79. The number of rotatable bonds is 5. The number of aromatic nitrogens is 3. The molecule has 0 aliphatic carbocycles. The highest BCUT2D eigenvalue weighted by Crippen LogP contribution is 2.50. The lowest BCUT2D eigenvalue weighted by atomic mass is 9.80. The summed E-state index contributed by atoms with van der Waals surface area (Å²) in [5.41, 5.74) is 6.78. The van der Waals surface area contributed by atoms with E-state index in [9.17, 15) is 19.8 Å². The van der Waals surface area contributed by atoms with E-state index in [1.165, 1.54) is 0 Å². The summed E-state index contributed by atoms with van der Waals surface area (Å²) in [5.74, 6) is -1.29. The van der Waals surface area contributed by atoms with Gasteiger partial charge in [0.1, 0.15) is 5.60 Å². The first-order valence-electron chi connectivity index (χ1n) is 14.4. The molecule has 6 heterocycles. The molecule has 2 saturated heterocycles. The number of aromatic amines is 3. The number of carboxylic acid groups (broad SMARTS) is 1. The van der Waals surface area contributed by atoms with Gasteiger partial charge in [-0.05, 0) is 80.7 Å². The molecule has 2 fully saturated rings. The number of aliphatic carboxylic acids is 1. The third-order valence-corrected chi connectivity index (χ3v) is 9.32. The molecule has 3 aromatic heterocycles. The van der Waals surface area contributed by atoms with Gasteiger partial charge in [-0.15, -0.1) is 0 Å². The Hall–Kier alpha value is -4.76. The maximum absolute atomic E-state index is 12.6. The van der Waals surface area contributed by atoms with Crippen molar-refractivity contribution in [2.45, 2.75) is 64.6 Å². The van der Waals surface area contributed by atoms with E-state index in [2.05, 4.69) is 33.4 Å². The molecule has 1 spiro atoms. The van der Waals surface area contributed by atoms with Crippen LogP contribution < -0.4 is 16.0 Å². The SMILES string of the molecule is C=Cc1c2[nH]c(c1C)/C=c1\[nH]/c(c(C)c1C=C)=C\c1[nH]c(c(CCC(=O)O)c1C)/C=C1\N/C(=C\2)[C@@](C)(O)[C@@]12CCC(=O)O2. The van der Waals surface area contributed by atoms with E-state index in [0.29, 0.717) is 23.5 Å². The number of carbonyl (C=O) groups is 2. The predicted octanol–water partition coefficient (Wildman–Crippen LogP) is 3.68. The third kappa shape index (κ3) is 4.26. The molecule has 2 atom stereocenters. The molecule has 9 heteroatoms. The number of H-pyrrole nitrogens is 3. The van der Waals surface area contributed by atoms with E-state index in [-0.39, 0.29) is 19.3 Å². The third-order valence-electron chi connectivity index (χ3n) is 9.32. The molecule has 9 nitrogen and oxygen atoms in total. The van der Waals surface area contributed by atoms with Crippen molar-refractivity contribution in [1.82, 2.24) is 20.3 Å². The molecule has 0 saturated carbocycles. The topological polar surface area (TPSA) is 143 Å². The number of carboxylic acids is 1. The van der Waals surface area contributed by atoms with Crippen LogP contribution in [0.3, 0.4) is 0 Å². The summed E-state index contributed by atoms with van der Waals surface area (Å²) in [6.45, 7) is 15.8. The fraction of sp³-hybridized carbons (Fsp3) is 0.294. The van der Waals surface area contributed by atoms with Crippen LogP contribution >= 0.6 is 0 Å². The van der Waals surface area contributed by atoms with Crippen LogP contribution in [-0.4, -0.2) is 48.3 Å². The minimum Gasteiger partial charge on any atom is -0.481 e. The summed E-state index contributed by atoms with van der Waals surface area (Å²) in [7, 11) is 0. The van der Waals surface area contributed by atoms with Gasteiger partial charge in [-0.3, -0.25) is 9.59 Å². The number of ether oxygens (including phenoxy) is 1. The predicted molar refractivity (Wildman–Crippen MR) is 167 cm³/mol. The van der Waals surface area contributed by atoms with E-state index < -0.39 is 23.1 Å². The second kappa shape index (κ2) is 9.91. The van der Waals surface area contributed by atoms with Gasteiger partial charge >= 0.3 is 11.9 Å². The van der Waals surface area contributed by atoms with Crippen molar-refractivity contribution in [3.05, 3.63) is 91.4 Å². The van der Waals surface area contributed by atoms with E-state index >= 15 is 0 Å². The first-order valence-corrected chi connectivity index (χ1v) is 14.4. The molecule has 43 heavy (non-hydrogen) atoms. The van der Waals surface area contributed by atoms with E-state index in [0.717, 1.165) is 61.2 Å². The molecule has 0 radical (unpaired) electrons. The van der Waals surface area contributed by atoms with Crippen LogP contribution in [-0.2, 0) is 20.7 Å². The molecule has 0 aromatic carbocycles. The summed E-state index contributed by atoms with van der Waals surface area (Å²) in [5, 5.41) is 26.8. The van der Waals surface area contributed by atoms with Crippen molar-refractivity contribution in [3.63, 3.8) is 0 Å². The van der Waals surface area contributed by atoms with Crippen molar-refractivity contribution < 1.29 is 24.5 Å². The quantitative estimate of drug-likeness (QED) is 0.254. The standard InChI is InChI=1S/C34H36N4O5/c1-7-20-17(3)23-13-24-19(5)22(9-10-31(39)40)28(37-24)16-30-34(12-11-32(41)43-34)33(6,42)29(38-30)15-27-21(8-2)18(4)25(36-27)14-26(20)35-23/h7-8,13-16,35-38,42H,1-2,9-12H2,3-6H3,(H,39,40)/b23-13-,26-14-,29-15-,30-16-/t33-,34-/m1/s1. The zero-order valence-corrected chi connectivity index (χ0v) is 24.8. The molecule has 6 N–H and O–H groups in total. The number of hydrogen-bond acceptors (Lipinski definition) is 5. The Morgan fingerprint density at radius 3 is 2.21 bits per heavy atom. The number of fused-ring (bicyclic) bond motifs is 9. The van der Waals surface area contributed by atoms with E-state index in [1.807, 2.05) is 51.2 Å². The van der Waals surface area contributed by atoms with Crippen molar-refractivity contribution in [2.24, 2.45) is 0 Å². The highest BCUT2D eigenvalue weighted by Gasteiger charge is 2.63. The van der Waals surface area contributed by atoms with Gasteiger partial charge in [0.05, 0.1) is 11.4 Å². The monoisotopic (exact) mass is 580 g/mol. The molecule has 3 aromatic rings. The van der Waals surface area contributed by atoms with Crippen LogP contribution in [0, 0.1) is 20.8 Å². The van der Waals surface area contributed by atoms with Crippen LogP contribution in [0.15, 0.2) is 24.6 Å². The molecule has 0 unspecified atom stereocenters. The molecular formula is C34H36N4O5. The second-order valence-electron chi connectivity index (χ2n) is 11.7. The zero-order chi connectivity index (χ0) is 30.8. The van der Waals surface area contributed by atoms with Gasteiger partial charge in [0.2, 0.25) is 0 Å². The van der Waals surface area contributed by atoms with Gasteiger partial charge in [0.25, 0.3) is 0 Å². The molecule has 3 aliphatic heterocycles. The van der Waals surface area contributed by atoms with Gasteiger partial charge in [-0.25, -0.2) is 0 Å². The normalized spacial score (nSPS) is 26.3. The summed E-state index contributed by atoms with van der Waals surface area (Å²) in [6, 6.07) is 0. The minimum absolute atomic E-state index is 0.0510. The number of aliphatic hydroxyl groups is 1. The first kappa shape index (κ1) is 28.4. The Morgan fingerprint density at radius 2 is 1.56 bits per heavy atom. The van der Waals surface area contributed by atoms with Crippen molar-refractivity contribution in [2.75, 3.05) is 0 Å². The van der Waals surface area contributed by atoms with E-state index in [4.69, 9.17) is 4.74 Å². The lowest BCUT2D eigenvalue weighted by molar-refractivity contribution is -0.158. The largest absolute Gasteiger partial charge is 0.481 e. The van der Waals surface area contributed by atoms with Crippen LogP contribution in [0.4, 0.5) is 0 Å². The summed E-state index contributed by atoms with van der Waals surface area (Å²) in [4.78, 5) is 34.7. The lowest BCUT2D eigenvalue weighted by Crippen LogP contribution is -2.49. The Bertz CT molecular complexity index is 1930. The van der Waals surface area contributed by atoms with Crippen LogP contribution in [0.5, 0.6) is 0 Å². The van der Waals surface area contributed by atoms with E-state index in [1.54, 1.807) is 13.0 Å². The van der Waals surface area contributed by atoms with Crippen LogP contribution in [0.1, 0.15) is 82.3 Å². The maximum Gasteiger partial charge on any atom is 0.307 e. The summed E-state index contributed by atoms with van der Waals surface area (Å²) in [6.07, 6.45) is 12.0. The average Bonchev–Trinajstić information content (AvgIpc) is 3.69. The van der Waals surface area contributed by atoms with Gasteiger partial charge in [-0.2, -0.15) is 0 Å². The summed E-state index contributed by atoms with van der Waals surface area (Å²) >= 11 is 0. The van der Waals surface area contributed by atoms with Gasteiger partial charge in [-0.1, -0.05) is 25.3 Å². The van der Waals surface area contributed by atoms with Crippen molar-refractivity contribution >= 4 is 48.4 Å². The maximum atomic E-state index is 12.6. The molecule has 6 rings (SSSR count). The number of carbonyl (C=O) groups excluding carboxylic acids is 1. The Morgan fingerprint density at radius 1 is 0.907 bits per heavy atom. The van der Waals surface area contributed by atoms with Gasteiger partial charge < -0.3 is 35.2 Å². The van der Waals surface area contributed by atoms with Crippen molar-refractivity contribution in [1.29, 1.82) is 0 Å². The minimum atomic E-state index is -1.58. The fourth-order valence-corrected chi connectivity index (χ4v) is 6.71. The number of hydrogen-bond donors (Lipinski definition) is 6. The van der Waals surface area contributed by atoms with Crippen LogP contribution in [0.25, 0.3) is 36.5 Å². The Labute approximate surface area is 249 Å². The highest BCUT2D eigenvalue weighted by atomic mass is 16.6. The first-order chi connectivity index (χ1) is 20.4. The lowest BCUT2D eigenvalue weighted by Gasteiger charge is -2.34.